The normalized spacial score (nSPS) is 17.4. The van der Waals surface area contributed by atoms with Gasteiger partial charge in [0.25, 0.3) is 0 Å². The molecule has 0 fully saturated rings. The van der Waals surface area contributed by atoms with E-state index in [1.54, 1.807) is 18.2 Å². The fourth-order valence-electron chi connectivity index (χ4n) is 2.22. The number of thioether (sulfide) groups is 1. The Labute approximate surface area is 154 Å². The molecule has 1 aliphatic rings. The molecule has 1 N–H and O–H groups in total. The third kappa shape index (κ3) is 3.95. The van der Waals surface area contributed by atoms with Crippen molar-refractivity contribution in [2.45, 2.75) is 0 Å². The molecular formula is C19H14ClNO3S. The van der Waals surface area contributed by atoms with Gasteiger partial charge in [0.15, 0.2) is 0 Å². The predicted molar refractivity (Wildman–Crippen MR) is 102 cm³/mol. The summed E-state index contributed by atoms with van der Waals surface area (Å²) in [5.74, 6) is -0.763. The van der Waals surface area contributed by atoms with Crippen LogP contribution in [0.3, 0.4) is 0 Å². The lowest BCUT2D eigenvalue weighted by Crippen LogP contribution is -2.10. The first-order chi connectivity index (χ1) is 12.1. The molecule has 126 valence electrons. The third-order valence-electron chi connectivity index (χ3n) is 3.43. The molecule has 2 aromatic rings. The third-order valence-corrected chi connectivity index (χ3v) is 4.71. The van der Waals surface area contributed by atoms with E-state index in [0.29, 0.717) is 20.7 Å². The molecule has 25 heavy (non-hydrogen) atoms. The highest BCUT2D eigenvalue weighted by Gasteiger charge is 2.32. The molecule has 1 aliphatic heterocycles. The lowest BCUT2D eigenvalue weighted by Gasteiger charge is -2.01. The zero-order valence-corrected chi connectivity index (χ0v) is 14.8. The van der Waals surface area contributed by atoms with E-state index in [1.807, 2.05) is 42.5 Å². The zero-order chi connectivity index (χ0) is 17.8. The van der Waals surface area contributed by atoms with Crippen LogP contribution in [0.25, 0.3) is 6.08 Å². The second-order valence-corrected chi connectivity index (χ2v) is 6.60. The quantitative estimate of drug-likeness (QED) is 0.758. The van der Waals surface area contributed by atoms with Crippen LogP contribution >= 0.6 is 23.4 Å². The molecule has 3 rings (SSSR count). The van der Waals surface area contributed by atoms with Crippen LogP contribution in [0.2, 0.25) is 5.02 Å². The summed E-state index contributed by atoms with van der Waals surface area (Å²) in [5, 5.41) is 11.5. The Morgan fingerprint density at radius 1 is 1.16 bits per heavy atom. The van der Waals surface area contributed by atoms with E-state index in [0.717, 1.165) is 5.56 Å². The highest BCUT2D eigenvalue weighted by Crippen LogP contribution is 2.40. The monoisotopic (exact) mass is 371 g/mol. The average Bonchev–Trinajstić information content (AvgIpc) is 2.92. The minimum absolute atomic E-state index is 0.0663. The number of carbonyl (C=O) groups is 1. The summed E-state index contributed by atoms with van der Waals surface area (Å²) in [7, 11) is 1.27. The number of halogens is 1. The molecule has 0 atom stereocenters. The molecule has 0 saturated heterocycles. The molecule has 0 saturated carbocycles. The Bertz CT molecular complexity index is 887. The van der Waals surface area contributed by atoms with Crippen molar-refractivity contribution in [3.8, 4) is 0 Å². The van der Waals surface area contributed by atoms with Crippen LogP contribution in [0.15, 0.2) is 75.8 Å². The van der Waals surface area contributed by atoms with Crippen molar-refractivity contribution in [3.63, 3.8) is 0 Å². The van der Waals surface area contributed by atoms with Gasteiger partial charge in [-0.05, 0) is 35.9 Å². The molecule has 6 heteroatoms. The number of nitrogens with zero attached hydrogens (tertiary/aromatic N) is 1. The van der Waals surface area contributed by atoms with Crippen LogP contribution in [0.4, 0.5) is 5.69 Å². The lowest BCUT2D eigenvalue weighted by atomic mass is 10.1. The van der Waals surface area contributed by atoms with E-state index >= 15 is 0 Å². The van der Waals surface area contributed by atoms with Crippen molar-refractivity contribution >= 4 is 46.1 Å². The molecule has 0 aromatic heterocycles. The number of rotatable bonds is 3. The van der Waals surface area contributed by atoms with Gasteiger partial charge in [-0.3, -0.25) is 0 Å². The van der Waals surface area contributed by atoms with Gasteiger partial charge in [0.2, 0.25) is 0 Å². The Morgan fingerprint density at radius 2 is 1.84 bits per heavy atom. The summed E-state index contributed by atoms with van der Waals surface area (Å²) in [6, 6.07) is 16.4. The Balaban J connectivity index is 2.03. The number of para-hydroxylation sites is 1. The number of methoxy groups -OCH3 is 1. The van der Waals surface area contributed by atoms with E-state index in [2.05, 4.69) is 4.99 Å². The first-order valence-electron chi connectivity index (χ1n) is 7.39. The van der Waals surface area contributed by atoms with Gasteiger partial charge in [0.1, 0.15) is 16.4 Å². The average molecular weight is 372 g/mol. The fraction of sp³-hybridized carbons (Fsp3) is 0.0526. The molecule has 0 bridgehead atoms. The molecule has 4 nitrogen and oxygen atoms in total. The number of hydrogen-bond donors (Lipinski definition) is 1. The van der Waals surface area contributed by atoms with Crippen LogP contribution in [-0.4, -0.2) is 23.2 Å². The Hall–Kier alpha value is -2.50. The van der Waals surface area contributed by atoms with Crippen LogP contribution in [0.1, 0.15) is 5.56 Å². The molecule has 2 aromatic carbocycles. The maximum Gasteiger partial charge on any atom is 0.344 e. The van der Waals surface area contributed by atoms with E-state index < -0.39 is 5.97 Å². The summed E-state index contributed by atoms with van der Waals surface area (Å²) >= 11 is 7.11. The fourth-order valence-corrected chi connectivity index (χ4v) is 3.38. The minimum atomic E-state index is -0.626. The number of aliphatic imine (C=N–C) groups is 1. The number of aliphatic hydroxyl groups is 1. The summed E-state index contributed by atoms with van der Waals surface area (Å²) in [5.41, 5.74) is 1.60. The maximum atomic E-state index is 12.1. The van der Waals surface area contributed by atoms with Crippen molar-refractivity contribution in [3.05, 3.63) is 81.4 Å². The standard InChI is InChI=1S/C19H14ClNO3S/c1-24-19(23)16-17(22)15(11-12-7-9-13(20)10-8-12)25-18(16)21-14-5-3-2-4-6-14/h2-11,22H,1H3/b15-11-,21-18?. The first-order valence-corrected chi connectivity index (χ1v) is 8.59. The van der Waals surface area contributed by atoms with Crippen molar-refractivity contribution in [1.82, 2.24) is 0 Å². The highest BCUT2D eigenvalue weighted by atomic mass is 35.5. The molecule has 0 radical (unpaired) electrons. The van der Waals surface area contributed by atoms with Gasteiger partial charge in [-0.2, -0.15) is 0 Å². The van der Waals surface area contributed by atoms with Crippen LogP contribution in [-0.2, 0) is 9.53 Å². The van der Waals surface area contributed by atoms with Gasteiger partial charge < -0.3 is 9.84 Å². The van der Waals surface area contributed by atoms with Crippen LogP contribution in [0.5, 0.6) is 0 Å². The number of benzene rings is 2. The molecule has 0 amide bonds. The van der Waals surface area contributed by atoms with Crippen molar-refractivity contribution < 1.29 is 14.6 Å². The molecule has 0 aliphatic carbocycles. The number of aliphatic hydroxyl groups excluding tert-OH is 1. The summed E-state index contributed by atoms with van der Waals surface area (Å²) < 4.78 is 4.79. The zero-order valence-electron chi connectivity index (χ0n) is 13.3. The Morgan fingerprint density at radius 3 is 2.48 bits per heavy atom. The van der Waals surface area contributed by atoms with Crippen molar-refractivity contribution in [2.24, 2.45) is 4.99 Å². The predicted octanol–water partition coefficient (Wildman–Crippen LogP) is 5.14. The minimum Gasteiger partial charge on any atom is -0.506 e. The second-order valence-electron chi connectivity index (χ2n) is 5.13. The lowest BCUT2D eigenvalue weighted by molar-refractivity contribution is -0.135. The van der Waals surface area contributed by atoms with E-state index in [9.17, 15) is 9.90 Å². The number of ether oxygens (including phenoxy) is 1. The van der Waals surface area contributed by atoms with Gasteiger partial charge in [-0.25, -0.2) is 9.79 Å². The van der Waals surface area contributed by atoms with Crippen LogP contribution < -0.4 is 0 Å². The number of hydrogen-bond acceptors (Lipinski definition) is 5. The van der Waals surface area contributed by atoms with E-state index in [1.165, 1.54) is 18.9 Å². The number of carbonyl (C=O) groups excluding carboxylic acids is 1. The summed E-state index contributed by atoms with van der Waals surface area (Å²) in [4.78, 5) is 17.1. The first kappa shape index (κ1) is 17.3. The summed E-state index contributed by atoms with van der Waals surface area (Å²) in [6.07, 6.45) is 1.77. The molecule has 0 spiro atoms. The van der Waals surface area contributed by atoms with Gasteiger partial charge in [-0.15, -0.1) is 0 Å². The smallest absolute Gasteiger partial charge is 0.344 e. The topological polar surface area (TPSA) is 58.9 Å². The van der Waals surface area contributed by atoms with Gasteiger partial charge in [0, 0.05) is 5.02 Å². The molecule has 0 unspecified atom stereocenters. The molecule has 1 heterocycles. The van der Waals surface area contributed by atoms with Crippen molar-refractivity contribution in [2.75, 3.05) is 7.11 Å². The highest BCUT2D eigenvalue weighted by molar-refractivity contribution is 8.18. The SMILES string of the molecule is COC(=O)C1=C(O)/C(=C/c2ccc(Cl)cc2)SC1=Nc1ccccc1. The maximum absolute atomic E-state index is 12.1. The van der Waals surface area contributed by atoms with Gasteiger partial charge >= 0.3 is 5.97 Å². The number of esters is 1. The van der Waals surface area contributed by atoms with E-state index in [4.69, 9.17) is 16.3 Å². The summed E-state index contributed by atoms with van der Waals surface area (Å²) in [6.45, 7) is 0. The Kier molecular flexibility index (Phi) is 5.26. The second kappa shape index (κ2) is 7.59. The van der Waals surface area contributed by atoms with Crippen molar-refractivity contribution in [1.29, 1.82) is 0 Å². The van der Waals surface area contributed by atoms with Gasteiger partial charge in [0.05, 0.1) is 17.7 Å². The van der Waals surface area contributed by atoms with Crippen LogP contribution in [0, 0.1) is 0 Å². The molecular weight excluding hydrogens is 358 g/mol. The van der Waals surface area contributed by atoms with E-state index in [-0.39, 0.29) is 11.3 Å². The van der Waals surface area contributed by atoms with Gasteiger partial charge in [-0.1, -0.05) is 53.7 Å². The largest absolute Gasteiger partial charge is 0.506 e.